The monoisotopic (exact) mass is 276 g/mol. The fourth-order valence-electron chi connectivity index (χ4n) is 2.81. The van der Waals surface area contributed by atoms with Gasteiger partial charge in [0.2, 0.25) is 0 Å². The molecule has 1 fully saturated rings. The first kappa shape index (κ1) is 15.2. The van der Waals surface area contributed by atoms with Gasteiger partial charge < -0.3 is 15.0 Å². The molecule has 1 saturated carbocycles. The Morgan fingerprint density at radius 1 is 1.25 bits per heavy atom. The normalized spacial score (nSPS) is 22.6. The molecule has 1 aliphatic rings. The minimum Gasteiger partial charge on any atom is -0.489 e. The summed E-state index contributed by atoms with van der Waals surface area (Å²) < 4.78 is 6.27. The van der Waals surface area contributed by atoms with Gasteiger partial charge in [-0.15, -0.1) is 0 Å². The molecule has 2 atom stereocenters. The van der Waals surface area contributed by atoms with E-state index in [9.17, 15) is 0 Å². The average Bonchev–Trinajstić information content (AvgIpc) is 2.46. The predicted octanol–water partition coefficient (Wildman–Crippen LogP) is 3.44. The summed E-state index contributed by atoms with van der Waals surface area (Å²) in [6, 6.07) is 8.89. The van der Waals surface area contributed by atoms with Crippen LogP contribution in [0, 0.1) is 0 Å². The molecule has 0 spiro atoms. The maximum absolute atomic E-state index is 6.27. The summed E-state index contributed by atoms with van der Waals surface area (Å²) in [5.41, 5.74) is 1.19. The summed E-state index contributed by atoms with van der Waals surface area (Å²) in [6.07, 6.45) is 6.49. The number of ether oxygens (including phenoxy) is 1. The Bertz CT molecular complexity index is 406. The molecule has 0 radical (unpaired) electrons. The highest BCUT2D eigenvalue weighted by molar-refractivity contribution is 5.49. The van der Waals surface area contributed by atoms with Crippen LogP contribution in [0.3, 0.4) is 0 Å². The van der Waals surface area contributed by atoms with Gasteiger partial charge in [-0.05, 0) is 44.4 Å². The summed E-state index contributed by atoms with van der Waals surface area (Å²) >= 11 is 0. The minimum absolute atomic E-state index is 0.313. The van der Waals surface area contributed by atoms with Crippen molar-refractivity contribution in [2.45, 2.75) is 51.2 Å². The van der Waals surface area contributed by atoms with E-state index in [1.54, 1.807) is 0 Å². The van der Waals surface area contributed by atoms with Crippen molar-refractivity contribution >= 4 is 5.69 Å². The van der Waals surface area contributed by atoms with E-state index >= 15 is 0 Å². The molecule has 0 bridgehead atoms. The van der Waals surface area contributed by atoms with Gasteiger partial charge in [0.05, 0.1) is 0 Å². The Labute approximate surface area is 123 Å². The molecule has 2 unspecified atom stereocenters. The first-order valence-electron chi connectivity index (χ1n) is 7.88. The second kappa shape index (κ2) is 7.53. The summed E-state index contributed by atoms with van der Waals surface area (Å²) in [5, 5.41) is 3.64. The molecule has 0 heterocycles. The van der Waals surface area contributed by atoms with Crippen molar-refractivity contribution in [2.75, 3.05) is 25.5 Å². The van der Waals surface area contributed by atoms with Crippen LogP contribution in [0.1, 0.15) is 39.0 Å². The molecule has 112 valence electrons. The van der Waals surface area contributed by atoms with Crippen molar-refractivity contribution in [2.24, 2.45) is 0 Å². The third-order valence-electron chi connectivity index (χ3n) is 3.98. The van der Waals surface area contributed by atoms with Crippen LogP contribution in [0.2, 0.25) is 0 Å². The van der Waals surface area contributed by atoms with Crippen LogP contribution in [0.25, 0.3) is 0 Å². The van der Waals surface area contributed by atoms with E-state index in [1.807, 2.05) is 0 Å². The Morgan fingerprint density at radius 2 is 2.05 bits per heavy atom. The third-order valence-corrected chi connectivity index (χ3v) is 3.98. The number of rotatable bonds is 6. The van der Waals surface area contributed by atoms with Crippen molar-refractivity contribution in [1.82, 2.24) is 5.32 Å². The maximum atomic E-state index is 6.27. The molecule has 3 heteroatoms. The summed E-state index contributed by atoms with van der Waals surface area (Å²) in [6.45, 7) is 3.30. The van der Waals surface area contributed by atoms with Gasteiger partial charge in [0.1, 0.15) is 11.9 Å². The number of nitrogens with one attached hydrogen (secondary N) is 1. The highest BCUT2D eigenvalue weighted by Crippen LogP contribution is 2.26. The van der Waals surface area contributed by atoms with Gasteiger partial charge in [-0.3, -0.25) is 0 Å². The second-order valence-electron chi connectivity index (χ2n) is 5.89. The lowest BCUT2D eigenvalue weighted by molar-refractivity contribution is 0.114. The zero-order valence-electron chi connectivity index (χ0n) is 13.1. The molecule has 1 aromatic rings. The smallest absolute Gasteiger partial charge is 0.121 e. The number of anilines is 1. The molecule has 1 aliphatic carbocycles. The first-order chi connectivity index (χ1) is 9.70. The van der Waals surface area contributed by atoms with Gasteiger partial charge in [-0.25, -0.2) is 0 Å². The Morgan fingerprint density at radius 3 is 2.80 bits per heavy atom. The van der Waals surface area contributed by atoms with Gasteiger partial charge in [-0.1, -0.05) is 19.4 Å². The molecule has 0 aliphatic heterocycles. The van der Waals surface area contributed by atoms with Crippen molar-refractivity contribution in [3.63, 3.8) is 0 Å². The van der Waals surface area contributed by atoms with Crippen molar-refractivity contribution in [3.8, 4) is 5.75 Å². The molecule has 0 aromatic heterocycles. The number of nitrogens with zero attached hydrogens (tertiary/aromatic N) is 1. The van der Waals surface area contributed by atoms with Gasteiger partial charge in [0.25, 0.3) is 0 Å². The third kappa shape index (κ3) is 4.14. The van der Waals surface area contributed by atoms with Crippen LogP contribution in [-0.2, 0) is 0 Å². The van der Waals surface area contributed by atoms with Crippen molar-refractivity contribution < 1.29 is 4.74 Å². The first-order valence-corrected chi connectivity index (χ1v) is 7.88. The molecular weight excluding hydrogens is 248 g/mol. The molecule has 1 N–H and O–H groups in total. The highest BCUT2D eigenvalue weighted by Gasteiger charge is 2.26. The second-order valence-corrected chi connectivity index (χ2v) is 5.89. The number of hydrogen-bond acceptors (Lipinski definition) is 3. The van der Waals surface area contributed by atoms with E-state index in [0.29, 0.717) is 12.1 Å². The zero-order valence-corrected chi connectivity index (χ0v) is 13.1. The predicted molar refractivity (Wildman–Crippen MR) is 85.7 cm³/mol. The van der Waals surface area contributed by atoms with Gasteiger partial charge in [0, 0.05) is 31.9 Å². The lowest BCUT2D eigenvalue weighted by atomic mass is 9.92. The van der Waals surface area contributed by atoms with Crippen LogP contribution in [0.5, 0.6) is 5.75 Å². The highest BCUT2D eigenvalue weighted by atomic mass is 16.5. The maximum Gasteiger partial charge on any atom is 0.121 e. The van der Waals surface area contributed by atoms with E-state index < -0.39 is 0 Å². The lowest BCUT2D eigenvalue weighted by Gasteiger charge is -2.32. The van der Waals surface area contributed by atoms with Crippen LogP contribution in [-0.4, -0.2) is 32.8 Å². The van der Waals surface area contributed by atoms with Crippen molar-refractivity contribution in [3.05, 3.63) is 24.3 Å². The molecule has 1 aromatic carbocycles. The van der Waals surface area contributed by atoms with Gasteiger partial charge >= 0.3 is 0 Å². The molecule has 20 heavy (non-hydrogen) atoms. The van der Waals surface area contributed by atoms with E-state index in [2.05, 4.69) is 55.5 Å². The zero-order chi connectivity index (χ0) is 14.4. The quantitative estimate of drug-likeness (QED) is 0.861. The van der Waals surface area contributed by atoms with Gasteiger partial charge in [-0.2, -0.15) is 0 Å². The number of benzene rings is 1. The molecule has 2 rings (SSSR count). The standard InChI is InChI=1S/C17H28N2O/c1-4-12-18-16-10-5-6-11-17(16)20-15-9-7-8-14(13-15)19(2)3/h7-9,13,16-18H,4-6,10-12H2,1-3H3. The molecular formula is C17H28N2O. The summed E-state index contributed by atoms with van der Waals surface area (Å²) in [4.78, 5) is 2.11. The fourth-order valence-corrected chi connectivity index (χ4v) is 2.81. The molecule has 0 amide bonds. The average molecular weight is 276 g/mol. The van der Waals surface area contributed by atoms with E-state index in [4.69, 9.17) is 4.74 Å². The summed E-state index contributed by atoms with van der Waals surface area (Å²) in [7, 11) is 4.12. The van der Waals surface area contributed by atoms with Gasteiger partial charge in [0.15, 0.2) is 0 Å². The Balaban J connectivity index is 2.00. The summed E-state index contributed by atoms with van der Waals surface area (Å²) in [5.74, 6) is 0.992. The SMILES string of the molecule is CCCNC1CCCCC1Oc1cccc(N(C)C)c1. The Kier molecular flexibility index (Phi) is 5.72. The lowest BCUT2D eigenvalue weighted by Crippen LogP contribution is -2.45. The van der Waals surface area contributed by atoms with Crippen molar-refractivity contribution in [1.29, 1.82) is 0 Å². The van der Waals surface area contributed by atoms with Crippen LogP contribution in [0.15, 0.2) is 24.3 Å². The topological polar surface area (TPSA) is 24.5 Å². The van der Waals surface area contributed by atoms with Crippen LogP contribution in [0.4, 0.5) is 5.69 Å². The van der Waals surface area contributed by atoms with Crippen LogP contribution < -0.4 is 15.0 Å². The van der Waals surface area contributed by atoms with E-state index in [1.165, 1.54) is 31.4 Å². The number of hydrogen-bond donors (Lipinski definition) is 1. The molecule has 3 nitrogen and oxygen atoms in total. The largest absolute Gasteiger partial charge is 0.489 e. The van der Waals surface area contributed by atoms with Crippen LogP contribution >= 0.6 is 0 Å². The molecule has 0 saturated heterocycles. The minimum atomic E-state index is 0.313. The fraction of sp³-hybridized carbons (Fsp3) is 0.647. The van der Waals surface area contributed by atoms with E-state index in [0.717, 1.165) is 18.7 Å². The van der Waals surface area contributed by atoms with E-state index in [-0.39, 0.29) is 0 Å². The Hall–Kier alpha value is -1.22.